The van der Waals surface area contributed by atoms with Crippen molar-refractivity contribution in [3.63, 3.8) is 0 Å². The normalized spacial score (nSPS) is 10.0. The Bertz CT molecular complexity index is 686. The van der Waals surface area contributed by atoms with Crippen molar-refractivity contribution in [3.8, 4) is 11.5 Å². The Morgan fingerprint density at radius 3 is 2.61 bits per heavy atom. The number of ether oxygens (including phenoxy) is 2. The van der Waals surface area contributed by atoms with Crippen molar-refractivity contribution in [3.05, 3.63) is 48.3 Å². The van der Waals surface area contributed by atoms with Gasteiger partial charge < -0.3 is 14.8 Å². The molecule has 2 aromatic rings. The quantitative estimate of drug-likeness (QED) is 0.795. The lowest BCUT2D eigenvalue weighted by Crippen LogP contribution is -2.14. The molecule has 0 fully saturated rings. The minimum atomic E-state index is -0.270. The molecule has 0 saturated heterocycles. The number of amides is 1. The van der Waals surface area contributed by atoms with Crippen molar-refractivity contribution in [1.82, 2.24) is 4.98 Å². The van der Waals surface area contributed by atoms with Crippen LogP contribution in [0.25, 0.3) is 0 Å². The number of rotatable bonds is 7. The number of methoxy groups -OCH3 is 2. The van der Waals surface area contributed by atoms with Gasteiger partial charge in [-0.3, -0.25) is 14.6 Å². The average Bonchev–Trinajstić information content (AvgIpc) is 2.60. The van der Waals surface area contributed by atoms with E-state index in [1.807, 2.05) is 0 Å². The number of benzene rings is 1. The van der Waals surface area contributed by atoms with E-state index in [4.69, 9.17) is 9.47 Å². The van der Waals surface area contributed by atoms with Gasteiger partial charge in [0.1, 0.15) is 11.5 Å². The van der Waals surface area contributed by atoms with Crippen LogP contribution in [0.3, 0.4) is 0 Å². The van der Waals surface area contributed by atoms with Crippen LogP contribution in [0.2, 0.25) is 0 Å². The lowest BCUT2D eigenvalue weighted by molar-refractivity contribution is -0.116. The smallest absolute Gasteiger partial charge is 0.224 e. The summed E-state index contributed by atoms with van der Waals surface area (Å²) in [5.41, 5.74) is 1.00. The molecule has 0 atom stereocenters. The second-order valence-corrected chi connectivity index (χ2v) is 4.78. The molecule has 0 aliphatic heterocycles. The Morgan fingerprint density at radius 1 is 1.13 bits per heavy atom. The second-order valence-electron chi connectivity index (χ2n) is 4.78. The number of carbonyl (C=O) groups excluding carboxylic acids is 2. The number of pyridine rings is 1. The van der Waals surface area contributed by atoms with E-state index in [0.717, 1.165) is 0 Å². The number of hydrogen-bond acceptors (Lipinski definition) is 5. The maximum absolute atomic E-state index is 12.0. The molecule has 0 radical (unpaired) electrons. The topological polar surface area (TPSA) is 77.5 Å². The molecule has 120 valence electrons. The van der Waals surface area contributed by atoms with E-state index in [1.165, 1.54) is 13.3 Å². The molecule has 1 heterocycles. The van der Waals surface area contributed by atoms with Gasteiger partial charge in [-0.05, 0) is 24.3 Å². The molecule has 1 aromatic carbocycles. The highest BCUT2D eigenvalue weighted by Gasteiger charge is 2.12. The molecule has 1 N–H and O–H groups in total. The number of hydrogen-bond donors (Lipinski definition) is 1. The summed E-state index contributed by atoms with van der Waals surface area (Å²) in [7, 11) is 3.06. The summed E-state index contributed by atoms with van der Waals surface area (Å²) in [6.07, 6.45) is 3.28. The molecule has 1 amide bonds. The zero-order valence-electron chi connectivity index (χ0n) is 13.0. The maximum atomic E-state index is 12.0. The van der Waals surface area contributed by atoms with Crippen molar-refractivity contribution in [1.29, 1.82) is 0 Å². The zero-order valence-corrected chi connectivity index (χ0v) is 13.0. The Hall–Kier alpha value is -2.89. The molecule has 6 heteroatoms. The van der Waals surface area contributed by atoms with Crippen LogP contribution in [0, 0.1) is 0 Å². The van der Waals surface area contributed by atoms with Gasteiger partial charge >= 0.3 is 0 Å². The zero-order chi connectivity index (χ0) is 16.7. The highest BCUT2D eigenvalue weighted by molar-refractivity contribution is 6.00. The maximum Gasteiger partial charge on any atom is 0.224 e. The molecular weight excluding hydrogens is 296 g/mol. The van der Waals surface area contributed by atoms with Crippen molar-refractivity contribution in [2.45, 2.75) is 12.8 Å². The van der Waals surface area contributed by atoms with E-state index in [-0.39, 0.29) is 24.5 Å². The predicted octanol–water partition coefficient (Wildman–Crippen LogP) is 2.70. The third-order valence-corrected chi connectivity index (χ3v) is 3.24. The summed E-state index contributed by atoms with van der Waals surface area (Å²) in [6.45, 7) is 0. The molecule has 0 aliphatic rings. The van der Waals surface area contributed by atoms with Crippen molar-refractivity contribution in [2.75, 3.05) is 19.5 Å². The number of Topliss-reactive ketones (excluding diaryl/α,β-unsaturated/α-hetero) is 1. The van der Waals surface area contributed by atoms with E-state index < -0.39 is 0 Å². The van der Waals surface area contributed by atoms with Crippen LogP contribution in [-0.2, 0) is 4.79 Å². The van der Waals surface area contributed by atoms with Crippen LogP contribution in [0.1, 0.15) is 23.2 Å². The van der Waals surface area contributed by atoms with Crippen LogP contribution < -0.4 is 14.8 Å². The van der Waals surface area contributed by atoms with Crippen molar-refractivity contribution < 1.29 is 19.1 Å². The van der Waals surface area contributed by atoms with Gasteiger partial charge in [-0.25, -0.2) is 0 Å². The lowest BCUT2D eigenvalue weighted by Gasteiger charge is -2.11. The van der Waals surface area contributed by atoms with Crippen LogP contribution in [0.5, 0.6) is 11.5 Å². The molecule has 1 aromatic heterocycles. The molecule has 2 rings (SSSR count). The molecule has 23 heavy (non-hydrogen) atoms. The van der Waals surface area contributed by atoms with Gasteiger partial charge in [0.05, 0.1) is 19.9 Å². The fourth-order valence-corrected chi connectivity index (χ4v) is 2.02. The average molecular weight is 314 g/mol. The second kappa shape index (κ2) is 7.93. The van der Waals surface area contributed by atoms with E-state index in [9.17, 15) is 9.59 Å². The van der Waals surface area contributed by atoms with Crippen LogP contribution in [-0.4, -0.2) is 30.9 Å². The van der Waals surface area contributed by atoms with Gasteiger partial charge in [0, 0.05) is 36.9 Å². The number of nitrogens with one attached hydrogen (secondary N) is 1. The third kappa shape index (κ3) is 4.54. The van der Waals surface area contributed by atoms with Crippen LogP contribution in [0.15, 0.2) is 42.7 Å². The largest absolute Gasteiger partial charge is 0.497 e. The SMILES string of the molecule is COc1ccc(OC)c(NC(=O)CCC(=O)c2cccnc2)c1. The molecule has 6 nitrogen and oxygen atoms in total. The lowest BCUT2D eigenvalue weighted by atomic mass is 10.1. The number of ketones is 1. The molecule has 0 saturated carbocycles. The summed E-state index contributed by atoms with van der Waals surface area (Å²) in [5, 5.41) is 2.73. The first-order valence-electron chi connectivity index (χ1n) is 7.09. The van der Waals surface area contributed by atoms with Crippen molar-refractivity contribution in [2.24, 2.45) is 0 Å². The molecular formula is C17H18N2O4. The first-order valence-corrected chi connectivity index (χ1v) is 7.09. The number of carbonyl (C=O) groups is 2. The van der Waals surface area contributed by atoms with Crippen LogP contribution in [0.4, 0.5) is 5.69 Å². The van der Waals surface area contributed by atoms with E-state index in [2.05, 4.69) is 10.3 Å². The molecule has 0 aliphatic carbocycles. The fraction of sp³-hybridized carbons (Fsp3) is 0.235. The standard InChI is InChI=1S/C17H18N2O4/c1-22-13-5-7-16(23-2)14(10-13)19-17(21)8-6-15(20)12-4-3-9-18-11-12/h3-5,7,9-11H,6,8H2,1-2H3,(H,19,21). The number of nitrogens with zero attached hydrogens (tertiary/aromatic N) is 1. The minimum absolute atomic E-state index is 0.0775. The van der Waals surface area contributed by atoms with E-state index >= 15 is 0 Å². The van der Waals surface area contributed by atoms with Gasteiger partial charge in [0.15, 0.2) is 5.78 Å². The molecule has 0 bridgehead atoms. The predicted molar refractivity (Wildman–Crippen MR) is 86.0 cm³/mol. The van der Waals surface area contributed by atoms with Gasteiger partial charge in [0.2, 0.25) is 5.91 Å². The van der Waals surface area contributed by atoms with E-state index in [0.29, 0.717) is 22.7 Å². The summed E-state index contributed by atoms with van der Waals surface area (Å²) in [4.78, 5) is 27.9. The summed E-state index contributed by atoms with van der Waals surface area (Å²) < 4.78 is 10.3. The summed E-state index contributed by atoms with van der Waals surface area (Å²) in [5.74, 6) is 0.741. The molecule has 0 unspecified atom stereocenters. The van der Waals surface area contributed by atoms with Gasteiger partial charge in [-0.2, -0.15) is 0 Å². The highest BCUT2D eigenvalue weighted by atomic mass is 16.5. The number of anilines is 1. The van der Waals surface area contributed by atoms with Gasteiger partial charge in [-0.1, -0.05) is 0 Å². The third-order valence-electron chi connectivity index (χ3n) is 3.24. The Balaban J connectivity index is 1.96. The van der Waals surface area contributed by atoms with Gasteiger partial charge in [-0.15, -0.1) is 0 Å². The number of aromatic nitrogens is 1. The summed E-state index contributed by atoms with van der Waals surface area (Å²) >= 11 is 0. The fourth-order valence-electron chi connectivity index (χ4n) is 2.02. The first-order chi connectivity index (χ1) is 11.1. The Kier molecular flexibility index (Phi) is 5.68. The molecule has 0 spiro atoms. The van der Waals surface area contributed by atoms with E-state index in [1.54, 1.807) is 43.6 Å². The van der Waals surface area contributed by atoms with Gasteiger partial charge in [0.25, 0.3) is 0 Å². The Morgan fingerprint density at radius 2 is 1.96 bits per heavy atom. The van der Waals surface area contributed by atoms with Crippen molar-refractivity contribution >= 4 is 17.4 Å². The first kappa shape index (κ1) is 16.5. The minimum Gasteiger partial charge on any atom is -0.497 e. The monoisotopic (exact) mass is 314 g/mol. The Labute approximate surface area is 134 Å². The highest BCUT2D eigenvalue weighted by Crippen LogP contribution is 2.29. The summed E-state index contributed by atoms with van der Waals surface area (Å²) in [6, 6.07) is 8.47. The van der Waals surface area contributed by atoms with Crippen LogP contribution >= 0.6 is 0 Å².